The molecule has 4 heteroatoms. The maximum atomic E-state index is 12.4. The Morgan fingerprint density at radius 1 is 0.562 bits per heavy atom. The predicted molar refractivity (Wildman–Crippen MR) is 136 cm³/mol. The standard InChI is InChI=1S/C28H42O3S/c1-25(2,3)19-27(7,8)21-11-15-23(16-12-21)30-32(29)31-24-17-13-22(14-18-24)28(9,10)20-26(4,5)6/h11-18H,19-20H2,1-10H3. The average Bonchev–Trinajstić information content (AvgIpc) is 2.58. The van der Waals surface area contributed by atoms with E-state index < -0.39 is 11.4 Å². The number of hydrogen-bond acceptors (Lipinski definition) is 3. The van der Waals surface area contributed by atoms with Crippen LogP contribution in [0.1, 0.15) is 93.2 Å². The highest BCUT2D eigenvalue weighted by molar-refractivity contribution is 7.75. The van der Waals surface area contributed by atoms with E-state index in [1.54, 1.807) is 0 Å². The first-order valence-electron chi connectivity index (χ1n) is 11.5. The van der Waals surface area contributed by atoms with Crippen molar-refractivity contribution < 1.29 is 12.6 Å². The highest BCUT2D eigenvalue weighted by atomic mass is 32.2. The van der Waals surface area contributed by atoms with Crippen LogP contribution in [0.15, 0.2) is 48.5 Å². The molecule has 3 nitrogen and oxygen atoms in total. The molecule has 0 amide bonds. The van der Waals surface area contributed by atoms with Crippen LogP contribution in [-0.4, -0.2) is 4.21 Å². The summed E-state index contributed by atoms with van der Waals surface area (Å²) in [6, 6.07) is 15.6. The normalized spacial score (nSPS) is 13.3. The van der Waals surface area contributed by atoms with Crippen molar-refractivity contribution in [2.45, 2.75) is 92.9 Å². The van der Waals surface area contributed by atoms with E-state index in [1.165, 1.54) is 11.1 Å². The number of rotatable bonds is 8. The molecule has 0 aliphatic carbocycles. The molecule has 2 rings (SSSR count). The van der Waals surface area contributed by atoms with Gasteiger partial charge in [0, 0.05) is 0 Å². The zero-order valence-corrected chi connectivity index (χ0v) is 22.5. The molecular weight excluding hydrogens is 416 g/mol. The summed E-state index contributed by atoms with van der Waals surface area (Å²) < 4.78 is 23.4. The van der Waals surface area contributed by atoms with E-state index in [1.807, 2.05) is 48.5 Å². The van der Waals surface area contributed by atoms with Gasteiger partial charge in [0.2, 0.25) is 0 Å². The van der Waals surface area contributed by atoms with Crippen LogP contribution in [0.25, 0.3) is 0 Å². The van der Waals surface area contributed by atoms with Crippen LogP contribution < -0.4 is 8.37 Å². The van der Waals surface area contributed by atoms with Crippen molar-refractivity contribution >= 4 is 11.4 Å². The van der Waals surface area contributed by atoms with Crippen LogP contribution >= 0.6 is 0 Å². The summed E-state index contributed by atoms with van der Waals surface area (Å²) in [7, 11) is 0. The van der Waals surface area contributed by atoms with Gasteiger partial charge in [-0.1, -0.05) is 93.5 Å². The minimum Gasteiger partial charge on any atom is -0.371 e. The molecule has 0 unspecified atom stereocenters. The van der Waals surface area contributed by atoms with Gasteiger partial charge in [0.15, 0.2) is 0 Å². The lowest BCUT2D eigenvalue weighted by Crippen LogP contribution is -2.24. The molecule has 0 aliphatic rings. The van der Waals surface area contributed by atoms with Crippen molar-refractivity contribution in [3.05, 3.63) is 59.7 Å². The summed E-state index contributed by atoms with van der Waals surface area (Å²) in [6.07, 6.45) is 2.13. The SMILES string of the molecule is CC(C)(C)CC(C)(C)c1ccc(OS(=O)Oc2ccc(C(C)(C)CC(C)(C)C)cc2)cc1. The van der Waals surface area contributed by atoms with Crippen molar-refractivity contribution in [2.75, 3.05) is 0 Å². The molecule has 0 atom stereocenters. The van der Waals surface area contributed by atoms with Crippen LogP contribution in [0.5, 0.6) is 11.5 Å². The first-order valence-corrected chi connectivity index (χ1v) is 12.5. The third-order valence-corrected chi connectivity index (χ3v) is 6.20. The van der Waals surface area contributed by atoms with Gasteiger partial charge < -0.3 is 8.37 Å². The Hall–Kier alpha value is -1.81. The van der Waals surface area contributed by atoms with E-state index in [2.05, 4.69) is 69.2 Å². The quantitative estimate of drug-likeness (QED) is 0.400. The molecule has 178 valence electrons. The highest BCUT2D eigenvalue weighted by Crippen LogP contribution is 2.38. The van der Waals surface area contributed by atoms with E-state index in [9.17, 15) is 4.21 Å². The lowest BCUT2D eigenvalue weighted by Gasteiger charge is -2.33. The summed E-state index contributed by atoms with van der Waals surface area (Å²) in [5.74, 6) is 1.06. The summed E-state index contributed by atoms with van der Waals surface area (Å²) in [6.45, 7) is 22.5. The van der Waals surface area contributed by atoms with Crippen LogP contribution in [0, 0.1) is 10.8 Å². The van der Waals surface area contributed by atoms with Gasteiger partial charge in [-0.2, -0.15) is 4.21 Å². The first-order chi connectivity index (χ1) is 14.5. The summed E-state index contributed by atoms with van der Waals surface area (Å²) >= 11 is -1.91. The maximum Gasteiger partial charge on any atom is 0.417 e. The molecule has 0 saturated carbocycles. The van der Waals surface area contributed by atoms with E-state index in [4.69, 9.17) is 8.37 Å². The zero-order valence-electron chi connectivity index (χ0n) is 21.7. The smallest absolute Gasteiger partial charge is 0.371 e. The molecule has 0 N–H and O–H groups in total. The van der Waals surface area contributed by atoms with E-state index in [0.29, 0.717) is 11.5 Å². The van der Waals surface area contributed by atoms with E-state index >= 15 is 0 Å². The molecule has 2 aromatic carbocycles. The average molecular weight is 459 g/mol. The van der Waals surface area contributed by atoms with Gasteiger partial charge in [0.25, 0.3) is 0 Å². The van der Waals surface area contributed by atoms with Crippen LogP contribution in [-0.2, 0) is 22.2 Å². The Balaban J connectivity index is 1.99. The van der Waals surface area contributed by atoms with Crippen LogP contribution in [0.4, 0.5) is 0 Å². The van der Waals surface area contributed by atoms with Gasteiger partial charge in [-0.25, -0.2) is 0 Å². The van der Waals surface area contributed by atoms with Gasteiger partial charge >= 0.3 is 11.4 Å². The van der Waals surface area contributed by atoms with Crippen molar-refractivity contribution in [2.24, 2.45) is 10.8 Å². The fourth-order valence-electron chi connectivity index (χ4n) is 4.95. The van der Waals surface area contributed by atoms with Crippen LogP contribution in [0.2, 0.25) is 0 Å². The molecule has 0 aliphatic heterocycles. The van der Waals surface area contributed by atoms with E-state index in [0.717, 1.165) is 12.8 Å². The zero-order chi connectivity index (χ0) is 24.4. The monoisotopic (exact) mass is 458 g/mol. The van der Waals surface area contributed by atoms with Gasteiger partial charge in [0.1, 0.15) is 11.5 Å². The fourth-order valence-corrected chi connectivity index (χ4v) is 5.52. The van der Waals surface area contributed by atoms with Crippen molar-refractivity contribution in [1.29, 1.82) is 0 Å². The summed E-state index contributed by atoms with van der Waals surface area (Å²) in [5, 5.41) is 0. The molecule has 0 saturated heterocycles. The van der Waals surface area contributed by atoms with Crippen LogP contribution in [0.3, 0.4) is 0 Å². The first kappa shape index (κ1) is 26.4. The molecule has 0 radical (unpaired) electrons. The van der Waals surface area contributed by atoms with Gasteiger partial charge in [-0.05, 0) is 69.9 Å². The Morgan fingerprint density at radius 3 is 1.09 bits per heavy atom. The molecule has 0 spiro atoms. The van der Waals surface area contributed by atoms with Crippen molar-refractivity contribution in [3.63, 3.8) is 0 Å². The lowest BCUT2D eigenvalue weighted by atomic mass is 9.72. The highest BCUT2D eigenvalue weighted by Gasteiger charge is 2.28. The fraction of sp³-hybridized carbons (Fsp3) is 0.571. The topological polar surface area (TPSA) is 35.5 Å². The number of hydrogen-bond donors (Lipinski definition) is 0. The Bertz CT molecular complexity index is 820. The van der Waals surface area contributed by atoms with E-state index in [-0.39, 0.29) is 21.7 Å². The molecule has 32 heavy (non-hydrogen) atoms. The Labute approximate surface area is 198 Å². The molecule has 2 aromatic rings. The molecule has 0 heterocycles. The second-order valence-electron chi connectivity index (χ2n) is 12.7. The Morgan fingerprint density at radius 2 is 0.844 bits per heavy atom. The summed E-state index contributed by atoms with van der Waals surface area (Å²) in [4.78, 5) is 0. The Kier molecular flexibility index (Phi) is 7.92. The largest absolute Gasteiger partial charge is 0.417 e. The van der Waals surface area contributed by atoms with Gasteiger partial charge in [-0.3, -0.25) is 0 Å². The molecule has 0 bridgehead atoms. The van der Waals surface area contributed by atoms with Crippen molar-refractivity contribution in [3.8, 4) is 11.5 Å². The molecule has 0 fully saturated rings. The van der Waals surface area contributed by atoms with Gasteiger partial charge in [0.05, 0.1) is 0 Å². The second kappa shape index (κ2) is 9.59. The lowest BCUT2D eigenvalue weighted by molar-refractivity contribution is 0.283. The second-order valence-corrected chi connectivity index (χ2v) is 13.4. The predicted octanol–water partition coefficient (Wildman–Crippen LogP) is 8.15. The third-order valence-electron chi connectivity index (χ3n) is 5.54. The minimum atomic E-state index is -1.91. The number of benzene rings is 2. The minimum absolute atomic E-state index is 0.0505. The molecule has 0 aromatic heterocycles. The van der Waals surface area contributed by atoms with Crippen molar-refractivity contribution in [1.82, 2.24) is 0 Å². The maximum absolute atomic E-state index is 12.4. The molecular formula is C28H42O3S. The summed E-state index contributed by atoms with van der Waals surface area (Å²) in [5.41, 5.74) is 3.06. The third kappa shape index (κ3) is 8.27. The van der Waals surface area contributed by atoms with Gasteiger partial charge in [-0.15, -0.1) is 0 Å².